The summed E-state index contributed by atoms with van der Waals surface area (Å²) in [6.45, 7) is 3.69. The highest BCUT2D eigenvalue weighted by Gasteiger charge is 2.28. The van der Waals surface area contributed by atoms with Gasteiger partial charge in [0.25, 0.3) is 0 Å². The van der Waals surface area contributed by atoms with E-state index in [1.54, 1.807) is 19.1 Å². The van der Waals surface area contributed by atoms with Crippen LogP contribution in [0.1, 0.15) is 43.7 Å². The Bertz CT molecular complexity index is 616. The molecule has 118 valence electrons. The van der Waals surface area contributed by atoms with E-state index in [4.69, 9.17) is 0 Å². The van der Waals surface area contributed by atoms with Crippen LogP contribution in [-0.2, 0) is 16.6 Å². The summed E-state index contributed by atoms with van der Waals surface area (Å²) in [5.74, 6) is 0.360. The first-order valence-electron chi connectivity index (χ1n) is 7.27. The molecule has 1 saturated carbocycles. The van der Waals surface area contributed by atoms with Crippen LogP contribution in [0.15, 0.2) is 21.5 Å². The Kier molecular flexibility index (Phi) is 5.46. The van der Waals surface area contributed by atoms with Crippen molar-refractivity contribution >= 4 is 26.0 Å². The molecular weight excluding hydrogens is 354 g/mol. The standard InChI is InChI=1S/C15H22BrNO3S/c1-10-5-3-4-6-14(10)17-21(19,20)15-8-12(9-18)7-13(16)11(15)2/h7-8,10,14,17-18H,3-6,9H2,1-2H3. The van der Waals surface area contributed by atoms with E-state index in [0.717, 1.165) is 19.3 Å². The van der Waals surface area contributed by atoms with Crippen molar-refractivity contribution in [2.45, 2.75) is 57.1 Å². The second-order valence-electron chi connectivity index (χ2n) is 5.85. The van der Waals surface area contributed by atoms with E-state index in [-0.39, 0.29) is 17.5 Å². The summed E-state index contributed by atoms with van der Waals surface area (Å²) in [5, 5.41) is 9.27. The van der Waals surface area contributed by atoms with Gasteiger partial charge in [-0.3, -0.25) is 0 Å². The largest absolute Gasteiger partial charge is 0.392 e. The van der Waals surface area contributed by atoms with Crippen molar-refractivity contribution in [3.8, 4) is 0 Å². The van der Waals surface area contributed by atoms with Crippen LogP contribution in [0.2, 0.25) is 0 Å². The fourth-order valence-corrected chi connectivity index (χ4v) is 5.17. The highest BCUT2D eigenvalue weighted by molar-refractivity contribution is 9.10. The van der Waals surface area contributed by atoms with Crippen molar-refractivity contribution in [1.82, 2.24) is 4.72 Å². The number of benzene rings is 1. The molecule has 1 aliphatic rings. The smallest absolute Gasteiger partial charge is 0.241 e. The zero-order valence-corrected chi connectivity index (χ0v) is 14.8. The Morgan fingerprint density at radius 3 is 2.62 bits per heavy atom. The average molecular weight is 376 g/mol. The molecule has 21 heavy (non-hydrogen) atoms. The van der Waals surface area contributed by atoms with Crippen LogP contribution >= 0.6 is 15.9 Å². The van der Waals surface area contributed by atoms with Gasteiger partial charge in [-0.2, -0.15) is 0 Å². The van der Waals surface area contributed by atoms with Crippen molar-refractivity contribution in [3.63, 3.8) is 0 Å². The molecule has 0 aliphatic heterocycles. The highest BCUT2D eigenvalue weighted by atomic mass is 79.9. The van der Waals surface area contributed by atoms with Gasteiger partial charge in [-0.25, -0.2) is 13.1 Å². The first kappa shape index (κ1) is 16.9. The summed E-state index contributed by atoms with van der Waals surface area (Å²) < 4.78 is 28.9. The summed E-state index contributed by atoms with van der Waals surface area (Å²) in [5.41, 5.74) is 1.26. The second-order valence-corrected chi connectivity index (χ2v) is 8.39. The summed E-state index contributed by atoms with van der Waals surface area (Å²) in [6.07, 6.45) is 4.19. The van der Waals surface area contributed by atoms with Crippen LogP contribution in [0, 0.1) is 12.8 Å². The zero-order chi connectivity index (χ0) is 15.6. The Labute approximate surface area is 135 Å². The van der Waals surface area contributed by atoms with Crippen molar-refractivity contribution in [2.75, 3.05) is 0 Å². The fraction of sp³-hybridized carbons (Fsp3) is 0.600. The maximum Gasteiger partial charge on any atom is 0.241 e. The number of aliphatic hydroxyl groups is 1. The number of hydrogen-bond donors (Lipinski definition) is 2. The van der Waals surface area contributed by atoms with Crippen LogP contribution in [0.25, 0.3) is 0 Å². The topological polar surface area (TPSA) is 66.4 Å². The molecule has 0 amide bonds. The van der Waals surface area contributed by atoms with E-state index in [0.29, 0.717) is 21.5 Å². The normalized spacial score (nSPS) is 23.2. The number of rotatable bonds is 4. The van der Waals surface area contributed by atoms with Gasteiger partial charge < -0.3 is 5.11 Å². The lowest BCUT2D eigenvalue weighted by Crippen LogP contribution is -2.41. The van der Waals surface area contributed by atoms with E-state index in [2.05, 4.69) is 27.6 Å². The monoisotopic (exact) mass is 375 g/mol. The van der Waals surface area contributed by atoms with Crippen molar-refractivity contribution in [2.24, 2.45) is 5.92 Å². The minimum Gasteiger partial charge on any atom is -0.392 e. The molecule has 4 nitrogen and oxygen atoms in total. The van der Waals surface area contributed by atoms with Gasteiger partial charge in [0.2, 0.25) is 10.0 Å². The molecular formula is C15H22BrNO3S. The van der Waals surface area contributed by atoms with Crippen molar-refractivity contribution in [1.29, 1.82) is 0 Å². The molecule has 1 aromatic carbocycles. The lowest BCUT2D eigenvalue weighted by atomic mass is 9.87. The Hall–Kier alpha value is -0.430. The SMILES string of the molecule is Cc1c(Br)cc(CO)cc1S(=O)(=O)NC1CCCCC1C. The summed E-state index contributed by atoms with van der Waals surface area (Å²) in [7, 11) is -3.57. The minimum atomic E-state index is -3.57. The van der Waals surface area contributed by atoms with Gasteiger partial charge in [-0.15, -0.1) is 0 Å². The molecule has 1 aliphatic carbocycles. The molecule has 0 radical (unpaired) electrons. The van der Waals surface area contributed by atoms with Gasteiger partial charge in [-0.1, -0.05) is 35.7 Å². The van der Waals surface area contributed by atoms with E-state index < -0.39 is 10.0 Å². The molecule has 0 saturated heterocycles. The molecule has 2 atom stereocenters. The first-order chi connectivity index (χ1) is 9.85. The van der Waals surface area contributed by atoms with E-state index >= 15 is 0 Å². The first-order valence-corrected chi connectivity index (χ1v) is 9.55. The third-order valence-electron chi connectivity index (χ3n) is 4.25. The molecule has 2 N–H and O–H groups in total. The van der Waals surface area contributed by atoms with Crippen LogP contribution in [0.5, 0.6) is 0 Å². The maximum atomic E-state index is 12.7. The predicted molar refractivity (Wildman–Crippen MR) is 86.5 cm³/mol. The number of halogens is 1. The average Bonchev–Trinajstić information content (AvgIpc) is 2.43. The molecule has 1 aromatic rings. The zero-order valence-electron chi connectivity index (χ0n) is 12.4. The summed E-state index contributed by atoms with van der Waals surface area (Å²) in [6, 6.07) is 3.30. The van der Waals surface area contributed by atoms with Crippen LogP contribution in [-0.4, -0.2) is 19.6 Å². The van der Waals surface area contributed by atoms with Crippen molar-refractivity contribution in [3.05, 3.63) is 27.7 Å². The minimum absolute atomic E-state index is 0.000270. The second kappa shape index (κ2) is 6.77. The number of sulfonamides is 1. The van der Waals surface area contributed by atoms with E-state index in [1.807, 2.05) is 0 Å². The lowest BCUT2D eigenvalue weighted by Gasteiger charge is -2.29. The van der Waals surface area contributed by atoms with Crippen LogP contribution < -0.4 is 4.72 Å². The van der Waals surface area contributed by atoms with Gasteiger partial charge in [0, 0.05) is 10.5 Å². The van der Waals surface area contributed by atoms with Gasteiger partial charge >= 0.3 is 0 Å². The predicted octanol–water partition coefficient (Wildman–Crippen LogP) is 3.11. The Morgan fingerprint density at radius 2 is 2.00 bits per heavy atom. The van der Waals surface area contributed by atoms with Gasteiger partial charge in [0.1, 0.15) is 0 Å². The molecule has 0 heterocycles. The maximum absolute atomic E-state index is 12.7. The third kappa shape index (κ3) is 3.86. The molecule has 0 spiro atoms. The van der Waals surface area contributed by atoms with Gasteiger partial charge in [0.05, 0.1) is 11.5 Å². The quantitative estimate of drug-likeness (QED) is 0.849. The van der Waals surface area contributed by atoms with Gasteiger partial charge in [-0.05, 0) is 48.9 Å². The summed E-state index contributed by atoms with van der Waals surface area (Å²) in [4.78, 5) is 0.249. The van der Waals surface area contributed by atoms with Crippen molar-refractivity contribution < 1.29 is 13.5 Å². The summed E-state index contributed by atoms with van der Waals surface area (Å²) >= 11 is 3.36. The van der Waals surface area contributed by atoms with Gasteiger partial charge in [0.15, 0.2) is 0 Å². The Balaban J connectivity index is 2.33. The number of aliphatic hydroxyl groups excluding tert-OH is 1. The van der Waals surface area contributed by atoms with E-state index in [1.165, 1.54) is 6.42 Å². The van der Waals surface area contributed by atoms with Crippen LogP contribution in [0.3, 0.4) is 0 Å². The van der Waals surface area contributed by atoms with Crippen LogP contribution in [0.4, 0.5) is 0 Å². The lowest BCUT2D eigenvalue weighted by molar-refractivity contribution is 0.281. The number of nitrogens with one attached hydrogen (secondary N) is 1. The Morgan fingerprint density at radius 1 is 1.33 bits per heavy atom. The van der Waals surface area contributed by atoms with E-state index in [9.17, 15) is 13.5 Å². The fourth-order valence-electron chi connectivity index (χ4n) is 2.83. The molecule has 0 bridgehead atoms. The number of hydrogen-bond acceptors (Lipinski definition) is 3. The third-order valence-corrected chi connectivity index (χ3v) is 6.69. The molecule has 2 unspecified atom stereocenters. The molecule has 0 aromatic heterocycles. The molecule has 1 fully saturated rings. The highest BCUT2D eigenvalue weighted by Crippen LogP contribution is 2.29. The molecule has 6 heteroatoms. The molecule has 2 rings (SSSR count).